The van der Waals surface area contributed by atoms with Gasteiger partial charge in [0.25, 0.3) is 0 Å². The fraction of sp³-hybridized carbons (Fsp3) is 0.500. The Balaban J connectivity index is 0. The molecule has 40 valence electrons. The van der Waals surface area contributed by atoms with Crippen molar-refractivity contribution in [3.63, 3.8) is 0 Å². The van der Waals surface area contributed by atoms with E-state index in [0.29, 0.717) is 0 Å². The molecule has 0 rings (SSSR count). The minimum absolute atomic E-state index is 0. The van der Waals surface area contributed by atoms with Crippen molar-refractivity contribution < 1.29 is 47.0 Å². The van der Waals surface area contributed by atoms with Crippen LogP contribution in [0.2, 0.25) is 0 Å². The van der Waals surface area contributed by atoms with E-state index in [1.165, 1.54) is 13.8 Å². The second kappa shape index (κ2) is 5.38. The van der Waals surface area contributed by atoms with E-state index in [0.717, 1.165) is 0 Å². The number of hydrogen-bond donors (Lipinski definition) is 0. The van der Waals surface area contributed by atoms with Gasteiger partial charge in [0.15, 0.2) is 0 Å². The number of hydrogen-bond acceptors (Lipinski definition) is 3. The molecule has 0 bridgehead atoms. The Labute approximate surface area is 72.7 Å². The van der Waals surface area contributed by atoms with Gasteiger partial charge in [0.05, 0.1) is 0 Å². The van der Waals surface area contributed by atoms with Crippen LogP contribution in [-0.2, 0) is 47.0 Å². The fourth-order valence-corrected chi connectivity index (χ4v) is 0.202. The molecule has 0 aliphatic rings. The van der Waals surface area contributed by atoms with Gasteiger partial charge in [-0.2, -0.15) is 0 Å². The van der Waals surface area contributed by atoms with E-state index in [2.05, 4.69) is 4.74 Å². The summed E-state index contributed by atoms with van der Waals surface area (Å²) in [6.07, 6.45) is 0. The van der Waals surface area contributed by atoms with Gasteiger partial charge in [-0.3, -0.25) is 9.59 Å². The third-order valence-electron chi connectivity index (χ3n) is 0.287. The van der Waals surface area contributed by atoms with Crippen LogP contribution < -0.4 is 0 Å². The first-order valence-corrected chi connectivity index (χ1v) is 1.82. The number of carbonyl (C=O) groups is 2. The molecule has 0 atom stereocenters. The molecule has 0 amide bonds. The van der Waals surface area contributed by atoms with Crippen LogP contribution in [0.15, 0.2) is 0 Å². The molecular weight excluding hydrogens is 185 g/mol. The Morgan fingerprint density at radius 3 is 1.38 bits per heavy atom. The first-order valence-electron chi connectivity index (χ1n) is 1.82. The molecule has 0 saturated carbocycles. The van der Waals surface area contributed by atoms with Gasteiger partial charge in [0.2, 0.25) is 0 Å². The molecule has 0 fully saturated rings. The van der Waals surface area contributed by atoms with Gasteiger partial charge in [0, 0.05) is 13.8 Å². The van der Waals surface area contributed by atoms with Gasteiger partial charge in [-0.25, -0.2) is 0 Å². The van der Waals surface area contributed by atoms with Gasteiger partial charge >= 0.3 is 44.6 Å². The van der Waals surface area contributed by atoms with Crippen molar-refractivity contribution in [3.05, 3.63) is 0 Å². The SMILES string of the molecule is CC(=O)OC(C)=O.[Y+3]. The van der Waals surface area contributed by atoms with Crippen LogP contribution >= 0.6 is 0 Å². The molecule has 0 heterocycles. The molecule has 0 saturated heterocycles. The summed E-state index contributed by atoms with van der Waals surface area (Å²) >= 11 is 0. The van der Waals surface area contributed by atoms with E-state index in [-0.39, 0.29) is 32.7 Å². The zero-order chi connectivity index (χ0) is 5.86. The average Bonchev–Trinajstić information content (AvgIpc) is 1.27. The van der Waals surface area contributed by atoms with Crippen molar-refractivity contribution in [1.82, 2.24) is 0 Å². The van der Waals surface area contributed by atoms with Crippen molar-refractivity contribution >= 4 is 11.9 Å². The summed E-state index contributed by atoms with van der Waals surface area (Å²) in [7, 11) is 0. The summed E-state index contributed by atoms with van der Waals surface area (Å²) in [5.74, 6) is -1.12. The molecule has 0 radical (unpaired) electrons. The van der Waals surface area contributed by atoms with E-state index in [4.69, 9.17) is 0 Å². The maximum absolute atomic E-state index is 9.81. The Morgan fingerprint density at radius 2 is 1.38 bits per heavy atom. The van der Waals surface area contributed by atoms with Gasteiger partial charge in [-0.15, -0.1) is 0 Å². The average molecular weight is 191 g/mol. The van der Waals surface area contributed by atoms with Crippen LogP contribution in [0.5, 0.6) is 0 Å². The minimum Gasteiger partial charge on any atom is -0.394 e. The molecule has 0 aromatic heterocycles. The van der Waals surface area contributed by atoms with Crippen molar-refractivity contribution in [2.45, 2.75) is 13.8 Å². The van der Waals surface area contributed by atoms with Crippen LogP contribution in [0, 0.1) is 0 Å². The third-order valence-corrected chi connectivity index (χ3v) is 0.287. The topological polar surface area (TPSA) is 43.4 Å². The molecule has 3 nitrogen and oxygen atoms in total. The molecule has 0 N–H and O–H groups in total. The quantitative estimate of drug-likeness (QED) is 0.402. The van der Waals surface area contributed by atoms with E-state index in [9.17, 15) is 9.59 Å². The van der Waals surface area contributed by atoms with Crippen molar-refractivity contribution in [1.29, 1.82) is 0 Å². The zero-order valence-electron chi connectivity index (χ0n) is 4.80. The second-order valence-electron chi connectivity index (χ2n) is 1.09. The molecule has 8 heavy (non-hydrogen) atoms. The van der Waals surface area contributed by atoms with Gasteiger partial charge < -0.3 is 4.74 Å². The van der Waals surface area contributed by atoms with Gasteiger partial charge in [-0.05, 0) is 0 Å². The molecular formula is C4H6O3Y+3. The Bertz CT molecular complexity index is 87.5. The maximum Gasteiger partial charge on any atom is 3.00 e. The molecule has 0 spiro atoms. The maximum atomic E-state index is 9.81. The molecule has 0 aromatic rings. The second-order valence-corrected chi connectivity index (χ2v) is 1.09. The van der Waals surface area contributed by atoms with Crippen molar-refractivity contribution in [2.24, 2.45) is 0 Å². The van der Waals surface area contributed by atoms with Crippen LogP contribution in [0.3, 0.4) is 0 Å². The van der Waals surface area contributed by atoms with Crippen LogP contribution in [0.25, 0.3) is 0 Å². The first kappa shape index (κ1) is 11.1. The van der Waals surface area contributed by atoms with Crippen LogP contribution in [0.4, 0.5) is 0 Å². The smallest absolute Gasteiger partial charge is 0.394 e. The molecule has 0 aliphatic carbocycles. The van der Waals surface area contributed by atoms with Crippen LogP contribution in [-0.4, -0.2) is 11.9 Å². The Kier molecular flexibility index (Phi) is 7.46. The van der Waals surface area contributed by atoms with Gasteiger partial charge in [-0.1, -0.05) is 0 Å². The summed E-state index contributed by atoms with van der Waals surface area (Å²) in [4.78, 5) is 19.6. The number of esters is 2. The molecule has 0 aromatic carbocycles. The number of rotatable bonds is 0. The first-order chi connectivity index (χ1) is 3.13. The fourth-order valence-electron chi connectivity index (χ4n) is 0.202. The third kappa shape index (κ3) is 9.53. The molecule has 0 aliphatic heterocycles. The van der Waals surface area contributed by atoms with Crippen molar-refractivity contribution in [3.8, 4) is 0 Å². The monoisotopic (exact) mass is 191 g/mol. The van der Waals surface area contributed by atoms with Crippen molar-refractivity contribution in [2.75, 3.05) is 0 Å². The van der Waals surface area contributed by atoms with Crippen LogP contribution in [0.1, 0.15) is 13.8 Å². The summed E-state index contributed by atoms with van der Waals surface area (Å²) in [5.41, 5.74) is 0. The molecule has 0 unspecified atom stereocenters. The summed E-state index contributed by atoms with van der Waals surface area (Å²) in [6.45, 7) is 2.36. The summed E-state index contributed by atoms with van der Waals surface area (Å²) in [5, 5.41) is 0. The standard InChI is InChI=1S/C4H6O3.Y/c1-3(5)7-4(2)6;/h1-2H3;/q;+3. The Morgan fingerprint density at radius 1 is 1.12 bits per heavy atom. The predicted octanol–water partition coefficient (Wildman–Crippen LogP) is 0.0935. The zero-order valence-corrected chi connectivity index (χ0v) is 7.64. The van der Waals surface area contributed by atoms with E-state index in [1.54, 1.807) is 0 Å². The number of ether oxygens (including phenoxy) is 1. The van der Waals surface area contributed by atoms with E-state index >= 15 is 0 Å². The normalized spacial score (nSPS) is 6.75. The predicted molar refractivity (Wildman–Crippen MR) is 22.4 cm³/mol. The van der Waals surface area contributed by atoms with E-state index in [1.807, 2.05) is 0 Å². The summed E-state index contributed by atoms with van der Waals surface area (Å²) < 4.78 is 3.97. The largest absolute Gasteiger partial charge is 3.00 e. The number of carbonyl (C=O) groups excluding carboxylic acids is 2. The van der Waals surface area contributed by atoms with E-state index < -0.39 is 11.9 Å². The summed E-state index contributed by atoms with van der Waals surface area (Å²) in [6, 6.07) is 0. The van der Waals surface area contributed by atoms with Gasteiger partial charge in [0.1, 0.15) is 0 Å². The molecule has 4 heteroatoms. The Hall–Kier alpha value is 0.244. The minimum atomic E-state index is -0.562.